The number of hydrogen-bond donors (Lipinski definition) is 0. The fraction of sp³-hybridized carbons (Fsp3) is 1.00. The normalized spacial score (nSPS) is 26.1. The maximum Gasteiger partial charge on any atom is 0.211 e. The molecule has 1 saturated heterocycles. The van der Waals surface area contributed by atoms with Crippen LogP contribution in [0.1, 0.15) is 13.8 Å². The second-order valence-corrected chi connectivity index (χ2v) is 9.21. The monoisotopic (exact) mass is 253 g/mol. The summed E-state index contributed by atoms with van der Waals surface area (Å²) in [7, 11) is 5.68. The predicted molar refractivity (Wildman–Crippen MR) is 84.3 cm³/mol. The topological polar surface area (TPSA) is 37.4 Å². The Morgan fingerprint density at radius 3 is 1.71 bits per heavy atom. The van der Waals surface area contributed by atoms with Gasteiger partial charge in [0.05, 0.1) is 6.26 Å². The van der Waals surface area contributed by atoms with Crippen molar-refractivity contribution in [3.05, 3.63) is 0 Å². The van der Waals surface area contributed by atoms with Crippen molar-refractivity contribution in [1.82, 2.24) is 4.31 Å². The molecule has 0 saturated carbocycles. The maximum absolute atomic E-state index is 11.8. The van der Waals surface area contributed by atoms with Crippen LogP contribution in [0.5, 0.6) is 0 Å². The summed E-state index contributed by atoms with van der Waals surface area (Å²) in [6.45, 7) is 5.75. The highest BCUT2D eigenvalue weighted by Gasteiger charge is 2.49. The van der Waals surface area contributed by atoms with Crippen LogP contribution in [0, 0.1) is 11.8 Å². The van der Waals surface area contributed by atoms with Gasteiger partial charge in [0.25, 0.3) is 0 Å². The van der Waals surface area contributed by atoms with Crippen LogP contribution in [-0.4, -0.2) is 63.5 Å². The molecular formula is C9H23B4NO2S. The second kappa shape index (κ2) is 4.37. The summed E-state index contributed by atoms with van der Waals surface area (Å²) in [6, 6.07) is 0. The summed E-state index contributed by atoms with van der Waals surface area (Å²) in [5.41, 5.74) is 0. The van der Waals surface area contributed by atoms with Gasteiger partial charge in [0.1, 0.15) is 31.4 Å². The van der Waals surface area contributed by atoms with Crippen molar-refractivity contribution in [2.24, 2.45) is 11.8 Å². The molecule has 1 rings (SSSR count). The molecule has 1 fully saturated rings. The molecule has 17 heavy (non-hydrogen) atoms. The van der Waals surface area contributed by atoms with Crippen molar-refractivity contribution >= 4 is 41.4 Å². The van der Waals surface area contributed by atoms with Crippen LogP contribution >= 0.6 is 0 Å². The standard InChI is InChI=1S/C9H23B4NO2S/c1-6(2)7-8(10,11)4-14(17(3,15)16)5-9(7,12)13/h6-7H,4-5,10-13H2,1-3H3. The lowest BCUT2D eigenvalue weighted by molar-refractivity contribution is 0.187. The zero-order chi connectivity index (χ0) is 13.6. The highest BCUT2D eigenvalue weighted by molar-refractivity contribution is 7.88. The fourth-order valence-corrected chi connectivity index (χ4v) is 5.39. The molecule has 0 unspecified atom stereocenters. The molecule has 0 bridgehead atoms. The average molecular weight is 253 g/mol. The molecule has 0 aromatic carbocycles. The Kier molecular flexibility index (Phi) is 3.92. The molecule has 1 aliphatic heterocycles. The zero-order valence-corrected chi connectivity index (χ0v) is 13.1. The van der Waals surface area contributed by atoms with Crippen LogP contribution in [0.3, 0.4) is 0 Å². The number of hydrogen-bond acceptors (Lipinski definition) is 2. The average Bonchev–Trinajstić information content (AvgIpc) is 1.94. The molecule has 94 valence electrons. The van der Waals surface area contributed by atoms with Gasteiger partial charge in [-0.3, -0.25) is 0 Å². The van der Waals surface area contributed by atoms with Gasteiger partial charge in [0.2, 0.25) is 10.0 Å². The number of piperidine rings is 1. The first kappa shape index (κ1) is 15.2. The van der Waals surface area contributed by atoms with E-state index in [2.05, 4.69) is 45.2 Å². The molecule has 0 atom stereocenters. The molecule has 0 amide bonds. The summed E-state index contributed by atoms with van der Waals surface area (Å²) >= 11 is 0. The smallest absolute Gasteiger partial charge is 0.211 e. The van der Waals surface area contributed by atoms with Gasteiger partial charge in [-0.25, -0.2) is 12.7 Å². The van der Waals surface area contributed by atoms with Crippen LogP contribution in [0.4, 0.5) is 0 Å². The summed E-state index contributed by atoms with van der Waals surface area (Å²) in [5, 5.41) is 0.0536. The minimum Gasteiger partial charge on any atom is -0.213 e. The largest absolute Gasteiger partial charge is 0.213 e. The van der Waals surface area contributed by atoms with Crippen LogP contribution in [0.2, 0.25) is 10.4 Å². The van der Waals surface area contributed by atoms with Crippen LogP contribution < -0.4 is 0 Å². The molecule has 0 N–H and O–H groups in total. The Morgan fingerprint density at radius 2 is 1.47 bits per heavy atom. The summed E-state index contributed by atoms with van der Waals surface area (Å²) in [4.78, 5) is 0. The molecule has 1 heterocycles. The first-order valence-electron chi connectivity index (χ1n) is 6.33. The molecule has 0 aromatic heterocycles. The first-order valence-corrected chi connectivity index (χ1v) is 8.18. The molecule has 3 nitrogen and oxygen atoms in total. The van der Waals surface area contributed by atoms with Gasteiger partial charge in [0, 0.05) is 13.1 Å². The van der Waals surface area contributed by atoms with Crippen LogP contribution in [0.25, 0.3) is 0 Å². The number of sulfonamides is 1. The summed E-state index contributed by atoms with van der Waals surface area (Å²) in [5.74, 6) is 1.11. The lowest BCUT2D eigenvalue weighted by Gasteiger charge is -2.55. The maximum atomic E-state index is 11.8. The van der Waals surface area contributed by atoms with Gasteiger partial charge in [-0.05, 0) is 5.92 Å². The first-order chi connectivity index (χ1) is 7.38. The van der Waals surface area contributed by atoms with E-state index in [1.54, 1.807) is 4.31 Å². The Labute approximate surface area is 110 Å². The Balaban J connectivity index is 3.14. The Bertz CT molecular complexity index is 376. The van der Waals surface area contributed by atoms with Crippen molar-refractivity contribution in [1.29, 1.82) is 0 Å². The third-order valence-corrected chi connectivity index (χ3v) is 5.18. The third-order valence-electron chi connectivity index (χ3n) is 3.99. The lowest BCUT2D eigenvalue weighted by Crippen LogP contribution is -2.56. The highest BCUT2D eigenvalue weighted by Crippen LogP contribution is 2.51. The van der Waals surface area contributed by atoms with E-state index in [4.69, 9.17) is 0 Å². The molecular weight excluding hydrogens is 229 g/mol. The molecule has 1 aliphatic rings. The molecule has 0 aromatic rings. The predicted octanol–water partition coefficient (Wildman–Crippen LogP) is -2.70. The number of rotatable bonds is 2. The van der Waals surface area contributed by atoms with Crippen molar-refractivity contribution in [2.75, 3.05) is 19.3 Å². The number of nitrogens with zero attached hydrogens (tertiary/aromatic N) is 1. The van der Waals surface area contributed by atoms with Gasteiger partial charge in [0.15, 0.2) is 0 Å². The molecule has 0 radical (unpaired) electrons. The molecule has 0 aliphatic carbocycles. The van der Waals surface area contributed by atoms with Crippen molar-refractivity contribution in [3.63, 3.8) is 0 Å². The van der Waals surface area contributed by atoms with Crippen LogP contribution in [0.15, 0.2) is 0 Å². The fourth-order valence-electron chi connectivity index (χ4n) is 4.26. The molecule has 0 spiro atoms. The van der Waals surface area contributed by atoms with E-state index in [0.717, 1.165) is 0 Å². The van der Waals surface area contributed by atoms with Crippen LogP contribution in [-0.2, 0) is 10.0 Å². The van der Waals surface area contributed by atoms with E-state index < -0.39 is 10.0 Å². The third kappa shape index (κ3) is 3.14. The SMILES string of the molecule is BC1(B)CN(S(C)(=O)=O)CC(B)(B)C1C(C)C. The van der Waals surface area contributed by atoms with E-state index in [9.17, 15) is 8.42 Å². The minimum atomic E-state index is -3.08. The van der Waals surface area contributed by atoms with E-state index >= 15 is 0 Å². The minimum absolute atomic E-state index is 0.0268. The highest BCUT2D eigenvalue weighted by atomic mass is 32.2. The van der Waals surface area contributed by atoms with Gasteiger partial charge < -0.3 is 0 Å². The van der Waals surface area contributed by atoms with E-state index in [1.807, 2.05) is 0 Å². The van der Waals surface area contributed by atoms with Gasteiger partial charge in [-0.2, -0.15) is 0 Å². The van der Waals surface area contributed by atoms with E-state index in [1.165, 1.54) is 6.26 Å². The van der Waals surface area contributed by atoms with E-state index in [-0.39, 0.29) is 10.4 Å². The van der Waals surface area contributed by atoms with Gasteiger partial charge in [-0.1, -0.05) is 30.2 Å². The lowest BCUT2D eigenvalue weighted by atomic mass is 9.32. The van der Waals surface area contributed by atoms with Crippen molar-refractivity contribution in [2.45, 2.75) is 24.3 Å². The zero-order valence-electron chi connectivity index (χ0n) is 12.2. The second-order valence-electron chi connectivity index (χ2n) is 7.23. The quantitative estimate of drug-likeness (QED) is 0.502. The van der Waals surface area contributed by atoms with Gasteiger partial charge >= 0.3 is 0 Å². The Morgan fingerprint density at radius 1 is 1.12 bits per heavy atom. The Hall–Kier alpha value is 0.170. The van der Waals surface area contributed by atoms with E-state index in [0.29, 0.717) is 24.9 Å². The van der Waals surface area contributed by atoms with Crippen molar-refractivity contribution < 1.29 is 8.42 Å². The summed E-state index contributed by atoms with van der Waals surface area (Å²) < 4.78 is 25.2. The summed E-state index contributed by atoms with van der Waals surface area (Å²) in [6.07, 6.45) is 1.31. The van der Waals surface area contributed by atoms with Gasteiger partial charge in [-0.15, -0.1) is 0 Å². The molecule has 8 heteroatoms. The van der Waals surface area contributed by atoms with Crippen molar-refractivity contribution in [3.8, 4) is 0 Å².